The van der Waals surface area contributed by atoms with Crippen LogP contribution in [0.2, 0.25) is 0 Å². The van der Waals surface area contributed by atoms with Crippen LogP contribution in [-0.4, -0.2) is 9.13 Å². The van der Waals surface area contributed by atoms with Crippen LogP contribution in [0.3, 0.4) is 0 Å². The second-order valence-corrected chi connectivity index (χ2v) is 5.94. The lowest BCUT2D eigenvalue weighted by Gasteiger charge is -2.24. The van der Waals surface area contributed by atoms with Gasteiger partial charge in [-0.2, -0.15) is 0 Å². The predicted octanol–water partition coefficient (Wildman–Crippen LogP) is 2.25. The van der Waals surface area contributed by atoms with Gasteiger partial charge in [-0.3, -0.25) is 13.9 Å². The molecule has 0 fully saturated rings. The fourth-order valence-electron chi connectivity index (χ4n) is 1.80. The van der Waals surface area contributed by atoms with Crippen LogP contribution in [0.5, 0.6) is 0 Å². The van der Waals surface area contributed by atoms with Gasteiger partial charge in [0.1, 0.15) is 4.47 Å². The van der Waals surface area contributed by atoms with Crippen molar-refractivity contribution in [2.24, 2.45) is 0 Å². The Morgan fingerprint density at radius 1 is 1.24 bits per heavy atom. The lowest BCUT2D eigenvalue weighted by atomic mass is 10.1. The van der Waals surface area contributed by atoms with Crippen LogP contribution in [-0.2, 0) is 12.1 Å². The normalized spacial score (nSPS) is 11.9. The summed E-state index contributed by atoms with van der Waals surface area (Å²) in [7, 11) is 0. The molecule has 1 heterocycles. The Bertz CT molecular complexity index is 535. The Morgan fingerprint density at radius 2 is 1.76 bits per heavy atom. The van der Waals surface area contributed by atoms with Crippen molar-refractivity contribution in [1.82, 2.24) is 9.13 Å². The maximum atomic E-state index is 12.3. The van der Waals surface area contributed by atoms with Crippen molar-refractivity contribution in [2.75, 3.05) is 0 Å². The van der Waals surface area contributed by atoms with E-state index in [0.717, 1.165) is 6.42 Å². The molecule has 1 rings (SSSR count). The Hall–Kier alpha value is -0.840. The van der Waals surface area contributed by atoms with Crippen LogP contribution >= 0.6 is 15.9 Å². The van der Waals surface area contributed by atoms with Gasteiger partial charge in [0, 0.05) is 17.8 Å². The van der Waals surface area contributed by atoms with Crippen LogP contribution in [0.1, 0.15) is 39.8 Å². The summed E-state index contributed by atoms with van der Waals surface area (Å²) in [4.78, 5) is 24.4. The monoisotopic (exact) mass is 302 g/mol. The zero-order chi connectivity index (χ0) is 13.4. The molecular formula is C12H19BrN2O2. The van der Waals surface area contributed by atoms with E-state index in [2.05, 4.69) is 15.9 Å². The molecule has 1 aromatic rings. The Labute approximate surface area is 109 Å². The van der Waals surface area contributed by atoms with Gasteiger partial charge < -0.3 is 0 Å². The van der Waals surface area contributed by atoms with Crippen LogP contribution in [0.4, 0.5) is 0 Å². The Kier molecular flexibility index (Phi) is 4.02. The number of rotatable bonds is 2. The smallest absolute Gasteiger partial charge is 0.297 e. The largest absolute Gasteiger partial charge is 0.331 e. The summed E-state index contributed by atoms with van der Waals surface area (Å²) in [5.74, 6) is 0. The summed E-state index contributed by atoms with van der Waals surface area (Å²) in [5, 5.41) is 0. The molecule has 0 atom stereocenters. The molecular weight excluding hydrogens is 284 g/mol. The van der Waals surface area contributed by atoms with Gasteiger partial charge in [0.15, 0.2) is 0 Å². The topological polar surface area (TPSA) is 44.0 Å². The fraction of sp³-hybridized carbons (Fsp3) is 0.667. The number of aromatic nitrogens is 2. The highest BCUT2D eigenvalue weighted by Crippen LogP contribution is 2.13. The summed E-state index contributed by atoms with van der Waals surface area (Å²) in [6.45, 7) is 9.98. The number of hydrogen-bond acceptors (Lipinski definition) is 2. The molecule has 0 saturated heterocycles. The fourth-order valence-corrected chi connectivity index (χ4v) is 2.19. The SMILES string of the molecule is CCCn1c(C)c(Br)c(=O)n(C(C)(C)C)c1=O. The average molecular weight is 303 g/mol. The number of nitrogens with zero attached hydrogens (tertiary/aromatic N) is 2. The maximum absolute atomic E-state index is 12.3. The molecule has 0 spiro atoms. The molecule has 0 aliphatic heterocycles. The van der Waals surface area contributed by atoms with Gasteiger partial charge in [-0.15, -0.1) is 0 Å². The van der Waals surface area contributed by atoms with Gasteiger partial charge in [0.05, 0.1) is 0 Å². The summed E-state index contributed by atoms with van der Waals surface area (Å²) in [6, 6.07) is 0. The first-order chi connectivity index (χ1) is 7.71. The Balaban J connectivity index is 3.75. The van der Waals surface area contributed by atoms with Crippen molar-refractivity contribution in [2.45, 2.75) is 53.1 Å². The minimum absolute atomic E-state index is 0.231. The molecule has 4 nitrogen and oxygen atoms in total. The molecule has 0 aromatic carbocycles. The second-order valence-electron chi connectivity index (χ2n) is 5.14. The minimum Gasteiger partial charge on any atom is -0.297 e. The van der Waals surface area contributed by atoms with Crippen molar-refractivity contribution in [3.8, 4) is 0 Å². The van der Waals surface area contributed by atoms with Gasteiger partial charge >= 0.3 is 5.69 Å². The first-order valence-corrected chi connectivity index (χ1v) is 6.53. The second kappa shape index (κ2) is 4.80. The van der Waals surface area contributed by atoms with Crippen molar-refractivity contribution >= 4 is 15.9 Å². The van der Waals surface area contributed by atoms with E-state index in [-0.39, 0.29) is 11.2 Å². The van der Waals surface area contributed by atoms with Gasteiger partial charge in [-0.05, 0) is 50.0 Å². The van der Waals surface area contributed by atoms with E-state index in [1.165, 1.54) is 4.57 Å². The van der Waals surface area contributed by atoms with E-state index in [4.69, 9.17) is 0 Å². The third-order valence-electron chi connectivity index (χ3n) is 2.65. The molecule has 5 heteroatoms. The first kappa shape index (κ1) is 14.2. The van der Waals surface area contributed by atoms with Crippen LogP contribution in [0.25, 0.3) is 0 Å². The molecule has 1 aromatic heterocycles. The standard InChI is InChI=1S/C12H19BrN2O2/c1-6-7-14-8(2)9(13)10(16)15(11(14)17)12(3,4)5/h6-7H2,1-5H3. The summed E-state index contributed by atoms with van der Waals surface area (Å²) in [6.07, 6.45) is 0.857. The van der Waals surface area contributed by atoms with E-state index in [9.17, 15) is 9.59 Å². The first-order valence-electron chi connectivity index (χ1n) is 5.74. The highest BCUT2D eigenvalue weighted by molar-refractivity contribution is 9.10. The third-order valence-corrected chi connectivity index (χ3v) is 3.57. The molecule has 0 amide bonds. The molecule has 96 valence electrons. The van der Waals surface area contributed by atoms with E-state index < -0.39 is 5.54 Å². The maximum Gasteiger partial charge on any atom is 0.331 e. The minimum atomic E-state index is -0.514. The van der Waals surface area contributed by atoms with Crippen LogP contribution < -0.4 is 11.2 Å². The third kappa shape index (κ3) is 2.54. The van der Waals surface area contributed by atoms with Crippen molar-refractivity contribution in [3.05, 3.63) is 31.0 Å². The van der Waals surface area contributed by atoms with Crippen molar-refractivity contribution < 1.29 is 0 Å². The van der Waals surface area contributed by atoms with Crippen LogP contribution in [0.15, 0.2) is 14.1 Å². The molecule has 0 aliphatic carbocycles. The molecule has 0 N–H and O–H groups in total. The summed E-state index contributed by atoms with van der Waals surface area (Å²) >= 11 is 3.28. The molecule has 0 unspecified atom stereocenters. The lowest BCUT2D eigenvalue weighted by Crippen LogP contribution is -2.48. The predicted molar refractivity (Wildman–Crippen MR) is 72.7 cm³/mol. The van der Waals surface area contributed by atoms with Crippen molar-refractivity contribution in [1.29, 1.82) is 0 Å². The van der Waals surface area contributed by atoms with Crippen LogP contribution in [0, 0.1) is 6.92 Å². The zero-order valence-corrected chi connectivity index (χ0v) is 12.6. The quantitative estimate of drug-likeness (QED) is 0.841. The van der Waals surface area contributed by atoms with Gasteiger partial charge in [0.25, 0.3) is 5.56 Å². The highest BCUT2D eigenvalue weighted by Gasteiger charge is 2.22. The van der Waals surface area contributed by atoms with E-state index in [1.54, 1.807) is 11.5 Å². The molecule has 17 heavy (non-hydrogen) atoms. The van der Waals surface area contributed by atoms with Crippen molar-refractivity contribution in [3.63, 3.8) is 0 Å². The van der Waals surface area contributed by atoms with E-state index in [0.29, 0.717) is 16.7 Å². The molecule has 0 aliphatic rings. The summed E-state index contributed by atoms with van der Waals surface area (Å²) in [5.41, 5.74) is -0.306. The van der Waals surface area contributed by atoms with Gasteiger partial charge in [0.2, 0.25) is 0 Å². The van der Waals surface area contributed by atoms with Gasteiger partial charge in [-0.1, -0.05) is 6.92 Å². The lowest BCUT2D eigenvalue weighted by molar-refractivity contribution is 0.349. The molecule has 0 saturated carbocycles. The zero-order valence-electron chi connectivity index (χ0n) is 11.0. The number of halogens is 1. The Morgan fingerprint density at radius 3 is 2.18 bits per heavy atom. The van der Waals surface area contributed by atoms with E-state index >= 15 is 0 Å². The summed E-state index contributed by atoms with van der Waals surface area (Å²) < 4.78 is 3.43. The highest BCUT2D eigenvalue weighted by atomic mass is 79.9. The molecule has 0 bridgehead atoms. The number of hydrogen-bond donors (Lipinski definition) is 0. The average Bonchev–Trinajstić information content (AvgIpc) is 2.19. The molecule has 0 radical (unpaired) electrons. The van der Waals surface area contributed by atoms with E-state index in [1.807, 2.05) is 27.7 Å². The van der Waals surface area contributed by atoms with Gasteiger partial charge in [-0.25, -0.2) is 4.79 Å².